The van der Waals surface area contributed by atoms with Crippen molar-refractivity contribution in [1.82, 2.24) is 15.3 Å². The van der Waals surface area contributed by atoms with Crippen LogP contribution in [0, 0.1) is 0 Å². The largest absolute Gasteiger partial charge is 0.462 e. The van der Waals surface area contributed by atoms with Crippen molar-refractivity contribution < 1.29 is 52.4 Å². The molecule has 3 rings (SSSR count). The fraction of sp³-hybridized carbons (Fsp3) is 0.524. The Labute approximate surface area is 206 Å². The van der Waals surface area contributed by atoms with Crippen molar-refractivity contribution in [2.45, 2.75) is 63.6 Å². The minimum absolute atomic E-state index is 0.0637. The number of aliphatic hydroxyl groups excluding tert-OH is 3. The first-order valence-electron chi connectivity index (χ1n) is 11.0. The molecule has 1 saturated heterocycles. The molecule has 2 aliphatic heterocycles. The van der Waals surface area contributed by atoms with E-state index in [-0.39, 0.29) is 5.75 Å². The molecule has 200 valence electrons. The molecular formula is C21H29FN3O10P. The number of hydrogen-bond donors (Lipinski definition) is 5. The van der Waals surface area contributed by atoms with E-state index in [0.29, 0.717) is 0 Å². The van der Waals surface area contributed by atoms with Crippen LogP contribution in [0.1, 0.15) is 20.8 Å². The van der Waals surface area contributed by atoms with Gasteiger partial charge in [-0.05, 0) is 32.9 Å². The van der Waals surface area contributed by atoms with E-state index in [0.717, 1.165) is 17.2 Å². The van der Waals surface area contributed by atoms with E-state index in [2.05, 4.69) is 10.4 Å². The van der Waals surface area contributed by atoms with Crippen LogP contribution in [-0.2, 0) is 28.2 Å². The van der Waals surface area contributed by atoms with Gasteiger partial charge < -0.3 is 39.5 Å². The Morgan fingerprint density at radius 2 is 1.94 bits per heavy atom. The molecule has 0 aromatic heterocycles. The van der Waals surface area contributed by atoms with Crippen molar-refractivity contribution in [3.63, 3.8) is 0 Å². The molecule has 0 bridgehead atoms. The first-order chi connectivity index (χ1) is 16.8. The second kappa shape index (κ2) is 11.2. The summed E-state index contributed by atoms with van der Waals surface area (Å²) in [7, 11) is -4.51. The maximum atomic E-state index is 15.6. The highest BCUT2D eigenvalue weighted by atomic mass is 31.2. The summed E-state index contributed by atoms with van der Waals surface area (Å²) in [6, 6.07) is 6.50. The molecule has 0 aliphatic carbocycles. The van der Waals surface area contributed by atoms with Crippen molar-refractivity contribution in [3.05, 3.63) is 42.6 Å². The highest BCUT2D eigenvalue weighted by Crippen LogP contribution is 2.47. The van der Waals surface area contributed by atoms with Crippen LogP contribution in [0.15, 0.2) is 42.6 Å². The van der Waals surface area contributed by atoms with E-state index in [1.165, 1.54) is 19.1 Å². The predicted molar refractivity (Wildman–Crippen MR) is 120 cm³/mol. The van der Waals surface area contributed by atoms with Crippen LogP contribution in [0.25, 0.3) is 0 Å². The number of amides is 1. The summed E-state index contributed by atoms with van der Waals surface area (Å²) >= 11 is 0. The maximum Gasteiger partial charge on any atom is 0.459 e. The second-order valence-corrected chi connectivity index (χ2v) is 10.1. The number of rotatable bonds is 10. The second-order valence-electron chi connectivity index (χ2n) is 8.39. The van der Waals surface area contributed by atoms with E-state index in [9.17, 15) is 29.5 Å². The normalized spacial score (nSPS) is 30.6. The van der Waals surface area contributed by atoms with E-state index in [1.807, 2.05) is 0 Å². The molecule has 36 heavy (non-hydrogen) atoms. The van der Waals surface area contributed by atoms with Gasteiger partial charge in [0.05, 0.1) is 6.10 Å². The number of hydrogen-bond acceptors (Lipinski definition) is 11. The average molecular weight is 533 g/mol. The molecule has 1 amide bonds. The maximum absolute atomic E-state index is 15.6. The van der Waals surface area contributed by atoms with Crippen molar-refractivity contribution in [3.8, 4) is 5.75 Å². The lowest BCUT2D eigenvalue weighted by Gasteiger charge is -2.35. The number of para-hydroxylation sites is 1. The van der Waals surface area contributed by atoms with Gasteiger partial charge in [0.15, 0.2) is 6.23 Å². The van der Waals surface area contributed by atoms with Gasteiger partial charge in [-0.3, -0.25) is 14.1 Å². The summed E-state index contributed by atoms with van der Waals surface area (Å²) in [6.45, 7) is 3.35. The smallest absolute Gasteiger partial charge is 0.459 e. The Balaban J connectivity index is 1.77. The molecule has 0 spiro atoms. The lowest BCUT2D eigenvalue weighted by molar-refractivity contribution is -0.224. The summed E-state index contributed by atoms with van der Waals surface area (Å²) in [5.41, 5.74) is 0. The van der Waals surface area contributed by atoms with Crippen LogP contribution in [0.5, 0.6) is 5.75 Å². The summed E-state index contributed by atoms with van der Waals surface area (Å²) in [5.74, 6) is -4.48. The van der Waals surface area contributed by atoms with Crippen molar-refractivity contribution in [1.29, 1.82) is 0 Å². The predicted octanol–water partition coefficient (Wildman–Crippen LogP) is 0.0851. The van der Waals surface area contributed by atoms with Gasteiger partial charge in [0.2, 0.25) is 12.3 Å². The minimum atomic E-state index is -4.51. The quantitative estimate of drug-likeness (QED) is 0.203. The molecule has 1 fully saturated rings. The Bertz CT molecular complexity index is 1010. The van der Waals surface area contributed by atoms with Gasteiger partial charge in [0.25, 0.3) is 5.85 Å². The molecular weight excluding hydrogens is 504 g/mol. The monoisotopic (exact) mass is 533 g/mol. The Hall–Kier alpha value is -2.58. The molecule has 7 atom stereocenters. The van der Waals surface area contributed by atoms with Gasteiger partial charge in [-0.2, -0.15) is 5.09 Å². The Morgan fingerprint density at radius 3 is 2.56 bits per heavy atom. The van der Waals surface area contributed by atoms with Crippen LogP contribution in [-0.4, -0.2) is 81.5 Å². The van der Waals surface area contributed by atoms with Gasteiger partial charge >= 0.3 is 13.7 Å². The van der Waals surface area contributed by atoms with E-state index in [4.69, 9.17) is 18.5 Å². The van der Waals surface area contributed by atoms with E-state index < -0.39 is 69.0 Å². The van der Waals surface area contributed by atoms with Crippen molar-refractivity contribution in [2.24, 2.45) is 0 Å². The molecule has 0 radical (unpaired) electrons. The van der Waals surface area contributed by atoms with Crippen LogP contribution in [0.3, 0.4) is 0 Å². The molecule has 1 aromatic carbocycles. The van der Waals surface area contributed by atoms with Crippen LogP contribution < -0.4 is 14.9 Å². The number of nitrogens with zero attached hydrogens (tertiary/aromatic N) is 1. The average Bonchev–Trinajstić information content (AvgIpc) is 3.02. The number of carbonyl (C=O) groups excluding carboxylic acids is 2. The molecule has 13 nitrogen and oxygen atoms in total. The molecule has 5 N–H and O–H groups in total. The fourth-order valence-electron chi connectivity index (χ4n) is 3.32. The molecule has 2 aliphatic rings. The van der Waals surface area contributed by atoms with Crippen LogP contribution in [0.4, 0.5) is 4.39 Å². The van der Waals surface area contributed by atoms with E-state index >= 15 is 4.39 Å². The van der Waals surface area contributed by atoms with Gasteiger partial charge in [-0.25, -0.2) is 8.96 Å². The topological polar surface area (TPSA) is 176 Å². The first-order valence-corrected chi connectivity index (χ1v) is 12.5. The van der Waals surface area contributed by atoms with Gasteiger partial charge in [-0.15, -0.1) is 0 Å². The number of aliphatic hydroxyl groups is 3. The number of alkyl halides is 1. The zero-order valence-corrected chi connectivity index (χ0v) is 20.6. The summed E-state index contributed by atoms with van der Waals surface area (Å²) in [5, 5.41) is 35.2. The Morgan fingerprint density at radius 1 is 1.28 bits per heavy atom. The highest BCUT2D eigenvalue weighted by Gasteiger charge is 2.58. The lowest BCUT2D eigenvalue weighted by atomic mass is 10.1. The third-order valence-electron chi connectivity index (χ3n) is 5.08. The van der Waals surface area contributed by atoms with Crippen LogP contribution in [0.2, 0.25) is 0 Å². The number of nitrogens with one attached hydrogen (secondary N) is 2. The number of halogens is 1. The van der Waals surface area contributed by atoms with E-state index in [1.54, 1.807) is 32.0 Å². The molecule has 15 heteroatoms. The summed E-state index contributed by atoms with van der Waals surface area (Å²) in [6.07, 6.45) is -5.88. The summed E-state index contributed by atoms with van der Waals surface area (Å²) < 4.78 is 50.0. The zero-order chi connectivity index (χ0) is 26.7. The van der Waals surface area contributed by atoms with Crippen molar-refractivity contribution in [2.75, 3.05) is 6.61 Å². The first kappa shape index (κ1) is 28.0. The van der Waals surface area contributed by atoms with Crippen molar-refractivity contribution >= 4 is 19.6 Å². The van der Waals surface area contributed by atoms with Crippen LogP contribution >= 0.6 is 7.75 Å². The SMILES string of the molecule is CC(C)OC(=O)[C@H](C)N[P@](=O)(OC[C@@]1(F)OC(N2C=CC(=O)NC2O)[C@H](O)[C@@H]1O)Oc1ccccc1. The number of ether oxygens (including phenoxy) is 2. The minimum Gasteiger partial charge on any atom is -0.462 e. The number of carbonyl (C=O) groups is 2. The fourth-order valence-corrected chi connectivity index (χ4v) is 4.83. The standard InChI is InChI=1S/C21H29FN3O10P/c1-12(2)33-19(29)13(3)24-36(31,35-14-7-5-4-6-8-14)32-11-21(22)17(28)16(27)18(34-21)25-10-9-15(26)23-20(25)30/h4-10,12-13,16-18,20,27-28,30H,11H2,1-3H3,(H,23,26)(H,24,31)/t13-,16+,17-,18?,20?,21+,36-/m0/s1. The van der Waals surface area contributed by atoms with Gasteiger partial charge in [0.1, 0.15) is 30.6 Å². The number of esters is 1. The molecule has 2 unspecified atom stereocenters. The third-order valence-corrected chi connectivity index (χ3v) is 6.70. The highest BCUT2D eigenvalue weighted by molar-refractivity contribution is 7.52. The number of benzene rings is 1. The molecule has 0 saturated carbocycles. The molecule has 1 aromatic rings. The Kier molecular flexibility index (Phi) is 8.72. The third kappa shape index (κ3) is 6.59. The van der Waals surface area contributed by atoms with Gasteiger partial charge in [-0.1, -0.05) is 18.2 Å². The summed E-state index contributed by atoms with van der Waals surface area (Å²) in [4.78, 5) is 24.4. The zero-order valence-electron chi connectivity index (χ0n) is 19.7. The molecule has 2 heterocycles. The van der Waals surface area contributed by atoms with Gasteiger partial charge in [0, 0.05) is 12.3 Å². The lowest BCUT2D eigenvalue weighted by Crippen LogP contribution is -2.55.